The van der Waals surface area contributed by atoms with Crippen LogP contribution in [0.25, 0.3) is 0 Å². The zero-order valence-corrected chi connectivity index (χ0v) is 13.8. The van der Waals surface area contributed by atoms with Gasteiger partial charge in [-0.1, -0.05) is 6.58 Å². The predicted molar refractivity (Wildman–Crippen MR) is 86.4 cm³/mol. The van der Waals surface area contributed by atoms with Crippen LogP contribution in [-0.2, 0) is 23.7 Å². The topological polar surface area (TPSA) is 54.0 Å². The Morgan fingerprint density at radius 1 is 1.17 bits per heavy atom. The van der Waals surface area contributed by atoms with Gasteiger partial charge in [0, 0.05) is 18.4 Å². The van der Waals surface area contributed by atoms with Crippen molar-refractivity contribution in [3.8, 4) is 0 Å². The molecule has 0 bridgehead atoms. The second kappa shape index (κ2) is 9.40. The predicted octanol–water partition coefficient (Wildman–Crippen LogP) is 3.62. The molecule has 2 rings (SSSR count). The summed E-state index contributed by atoms with van der Waals surface area (Å²) in [4.78, 5) is 11.3. The molecule has 0 fully saturated rings. The maximum atomic E-state index is 11.3. The molecular weight excluding hydrogens is 296 g/mol. The standard InChI is InChI=1S/C18H26O5/c1-14(2)18(19)21-12-11-20-17(23-16-9-5-6-10-16)13-22-15-7-3-4-8-15/h7,9,17H,1,3-6,8,10-13H2,2H3. The van der Waals surface area contributed by atoms with Crippen LogP contribution in [0.5, 0.6) is 0 Å². The normalized spacial score (nSPS) is 18.1. The average Bonchev–Trinajstić information content (AvgIpc) is 3.21. The molecule has 0 spiro atoms. The van der Waals surface area contributed by atoms with Gasteiger partial charge in [-0.15, -0.1) is 0 Å². The minimum absolute atomic E-state index is 0.174. The summed E-state index contributed by atoms with van der Waals surface area (Å²) in [7, 11) is 0. The summed E-state index contributed by atoms with van der Waals surface area (Å²) in [5.41, 5.74) is 0.380. The Kier molecular flexibility index (Phi) is 7.20. The lowest BCUT2D eigenvalue weighted by molar-refractivity contribution is -0.160. The Morgan fingerprint density at radius 2 is 1.87 bits per heavy atom. The quantitative estimate of drug-likeness (QED) is 0.266. The third kappa shape index (κ3) is 6.48. The van der Waals surface area contributed by atoms with E-state index in [0.29, 0.717) is 12.2 Å². The van der Waals surface area contributed by atoms with Gasteiger partial charge in [0.25, 0.3) is 0 Å². The SMILES string of the molecule is C=C(C)C(=O)OCCOC(COC1=CCCC1)OC1=CCCC1. The number of allylic oxidation sites excluding steroid dienone is 4. The number of hydrogen-bond acceptors (Lipinski definition) is 5. The maximum absolute atomic E-state index is 11.3. The highest BCUT2D eigenvalue weighted by Crippen LogP contribution is 2.22. The molecular formula is C18H26O5. The molecule has 5 heteroatoms. The van der Waals surface area contributed by atoms with Crippen LogP contribution in [0.4, 0.5) is 0 Å². The molecule has 2 aliphatic carbocycles. The van der Waals surface area contributed by atoms with E-state index in [-0.39, 0.29) is 13.2 Å². The van der Waals surface area contributed by atoms with Crippen LogP contribution in [0.1, 0.15) is 45.4 Å². The van der Waals surface area contributed by atoms with E-state index in [1.165, 1.54) is 0 Å². The van der Waals surface area contributed by atoms with Crippen molar-refractivity contribution < 1.29 is 23.7 Å². The van der Waals surface area contributed by atoms with E-state index in [1.54, 1.807) is 6.92 Å². The highest BCUT2D eigenvalue weighted by molar-refractivity contribution is 5.86. The van der Waals surface area contributed by atoms with Crippen molar-refractivity contribution >= 4 is 5.97 Å². The molecule has 23 heavy (non-hydrogen) atoms. The molecule has 2 aliphatic rings. The van der Waals surface area contributed by atoms with E-state index in [9.17, 15) is 4.79 Å². The Hall–Kier alpha value is -1.75. The molecule has 0 aromatic rings. The van der Waals surface area contributed by atoms with E-state index in [4.69, 9.17) is 18.9 Å². The van der Waals surface area contributed by atoms with E-state index >= 15 is 0 Å². The monoisotopic (exact) mass is 322 g/mol. The number of carbonyl (C=O) groups is 1. The number of carbonyl (C=O) groups excluding carboxylic acids is 1. The van der Waals surface area contributed by atoms with Gasteiger partial charge in [-0.25, -0.2) is 4.79 Å². The first-order valence-corrected chi connectivity index (χ1v) is 8.27. The molecule has 0 aromatic heterocycles. The first-order chi connectivity index (χ1) is 11.1. The molecule has 128 valence electrons. The fraction of sp³-hybridized carbons (Fsp3) is 0.611. The fourth-order valence-corrected chi connectivity index (χ4v) is 2.42. The van der Waals surface area contributed by atoms with E-state index in [1.807, 2.05) is 0 Å². The number of esters is 1. The zero-order chi connectivity index (χ0) is 16.5. The molecule has 0 amide bonds. The van der Waals surface area contributed by atoms with Crippen molar-refractivity contribution in [2.24, 2.45) is 0 Å². The fourth-order valence-electron chi connectivity index (χ4n) is 2.42. The summed E-state index contributed by atoms with van der Waals surface area (Å²) in [5, 5.41) is 0. The molecule has 1 unspecified atom stereocenters. The summed E-state index contributed by atoms with van der Waals surface area (Å²) >= 11 is 0. The number of ether oxygens (including phenoxy) is 4. The number of hydrogen-bond donors (Lipinski definition) is 0. The van der Waals surface area contributed by atoms with Gasteiger partial charge >= 0.3 is 5.97 Å². The van der Waals surface area contributed by atoms with Crippen LogP contribution in [0.2, 0.25) is 0 Å². The minimum atomic E-state index is -0.482. The lowest BCUT2D eigenvalue weighted by Gasteiger charge is -2.21. The summed E-state index contributed by atoms with van der Waals surface area (Å²) in [6.07, 6.45) is 10.0. The van der Waals surface area contributed by atoms with Gasteiger partial charge in [0.15, 0.2) is 0 Å². The summed E-state index contributed by atoms with van der Waals surface area (Å²) in [5.74, 6) is 1.56. The molecule has 0 aliphatic heterocycles. The number of rotatable bonds is 10. The van der Waals surface area contributed by atoms with Gasteiger partial charge in [0.2, 0.25) is 6.29 Å². The highest BCUT2D eigenvalue weighted by atomic mass is 16.7. The third-order valence-corrected chi connectivity index (χ3v) is 3.65. The van der Waals surface area contributed by atoms with Crippen LogP contribution < -0.4 is 0 Å². The van der Waals surface area contributed by atoms with Crippen LogP contribution in [0, 0.1) is 0 Å². The van der Waals surface area contributed by atoms with E-state index in [2.05, 4.69) is 18.7 Å². The molecule has 0 radical (unpaired) electrons. The van der Waals surface area contributed by atoms with Gasteiger partial charge in [0.05, 0.1) is 18.1 Å². The van der Waals surface area contributed by atoms with Crippen molar-refractivity contribution in [2.75, 3.05) is 19.8 Å². The van der Waals surface area contributed by atoms with Crippen LogP contribution in [-0.4, -0.2) is 32.1 Å². The van der Waals surface area contributed by atoms with Gasteiger partial charge < -0.3 is 18.9 Å². The van der Waals surface area contributed by atoms with Gasteiger partial charge in [-0.3, -0.25) is 0 Å². The molecule has 1 atom stereocenters. The first kappa shape index (κ1) is 17.6. The zero-order valence-electron chi connectivity index (χ0n) is 13.8. The summed E-state index contributed by atoms with van der Waals surface area (Å²) < 4.78 is 22.3. The average molecular weight is 322 g/mol. The summed E-state index contributed by atoms with van der Waals surface area (Å²) in [6.45, 7) is 5.94. The van der Waals surface area contributed by atoms with Crippen LogP contribution in [0.3, 0.4) is 0 Å². The molecule has 0 saturated heterocycles. The molecule has 0 heterocycles. The Bertz CT molecular complexity index is 478. The molecule has 0 saturated carbocycles. The van der Waals surface area contributed by atoms with Crippen molar-refractivity contribution in [3.05, 3.63) is 35.8 Å². The second-order valence-corrected chi connectivity index (χ2v) is 5.77. The Morgan fingerprint density at radius 3 is 2.48 bits per heavy atom. The summed E-state index contributed by atoms with van der Waals surface area (Å²) in [6, 6.07) is 0. The largest absolute Gasteiger partial charge is 0.492 e. The third-order valence-electron chi connectivity index (χ3n) is 3.65. The smallest absolute Gasteiger partial charge is 0.333 e. The molecule has 0 aromatic carbocycles. The Labute approximate surface area is 137 Å². The Balaban J connectivity index is 1.73. The maximum Gasteiger partial charge on any atom is 0.333 e. The van der Waals surface area contributed by atoms with Crippen LogP contribution >= 0.6 is 0 Å². The molecule has 0 N–H and O–H groups in total. The first-order valence-electron chi connectivity index (χ1n) is 8.27. The van der Waals surface area contributed by atoms with E-state index in [0.717, 1.165) is 50.0 Å². The molecule has 5 nitrogen and oxygen atoms in total. The van der Waals surface area contributed by atoms with Crippen molar-refractivity contribution in [1.82, 2.24) is 0 Å². The van der Waals surface area contributed by atoms with Gasteiger partial charge in [-0.05, 0) is 44.8 Å². The highest BCUT2D eigenvalue weighted by Gasteiger charge is 2.17. The minimum Gasteiger partial charge on any atom is -0.492 e. The lowest BCUT2D eigenvalue weighted by Crippen LogP contribution is -2.25. The second-order valence-electron chi connectivity index (χ2n) is 5.77. The van der Waals surface area contributed by atoms with Crippen molar-refractivity contribution in [1.29, 1.82) is 0 Å². The van der Waals surface area contributed by atoms with Crippen molar-refractivity contribution in [2.45, 2.75) is 51.7 Å². The lowest BCUT2D eigenvalue weighted by atomic mass is 10.3. The van der Waals surface area contributed by atoms with Gasteiger partial charge in [-0.2, -0.15) is 0 Å². The van der Waals surface area contributed by atoms with Crippen molar-refractivity contribution in [3.63, 3.8) is 0 Å². The van der Waals surface area contributed by atoms with Gasteiger partial charge in [0.1, 0.15) is 13.2 Å². The van der Waals surface area contributed by atoms with Crippen LogP contribution in [0.15, 0.2) is 35.8 Å². The van der Waals surface area contributed by atoms with E-state index < -0.39 is 12.3 Å².